The minimum Gasteiger partial charge on any atom is -0.482 e. The maximum atomic E-state index is 13.2. The quantitative estimate of drug-likeness (QED) is 0.452. The van der Waals surface area contributed by atoms with Gasteiger partial charge < -0.3 is 15.0 Å². The Bertz CT molecular complexity index is 889. The highest BCUT2D eigenvalue weighted by molar-refractivity contribution is 6.35. The lowest BCUT2D eigenvalue weighted by atomic mass is 10.1. The van der Waals surface area contributed by atoms with Crippen molar-refractivity contribution in [2.45, 2.75) is 52.6 Å². The Hall–Kier alpha value is -2.24. The minimum atomic E-state index is -0.589. The number of halogens is 2. The third-order valence-electron chi connectivity index (χ3n) is 4.90. The SMILES string of the molecule is CCCCNC(=O)C(CC)N(Cc1cccc(C)c1)C(=O)COc1ccc(Cl)cc1Cl. The number of nitrogens with one attached hydrogen (secondary N) is 1. The van der Waals surface area contributed by atoms with E-state index < -0.39 is 6.04 Å². The summed E-state index contributed by atoms with van der Waals surface area (Å²) in [4.78, 5) is 27.6. The Kier molecular flexibility index (Phi) is 10.2. The minimum absolute atomic E-state index is 0.151. The summed E-state index contributed by atoms with van der Waals surface area (Å²) >= 11 is 12.1. The van der Waals surface area contributed by atoms with Crippen LogP contribution in [-0.2, 0) is 16.1 Å². The highest BCUT2D eigenvalue weighted by Crippen LogP contribution is 2.27. The molecule has 168 valence electrons. The van der Waals surface area contributed by atoms with E-state index >= 15 is 0 Å². The second-order valence-electron chi connectivity index (χ2n) is 7.44. The predicted molar refractivity (Wildman–Crippen MR) is 126 cm³/mol. The molecule has 0 fully saturated rings. The number of unbranched alkanes of at least 4 members (excludes halogenated alkanes) is 1. The van der Waals surface area contributed by atoms with Gasteiger partial charge in [-0.2, -0.15) is 0 Å². The van der Waals surface area contributed by atoms with E-state index in [-0.39, 0.29) is 18.4 Å². The van der Waals surface area contributed by atoms with Gasteiger partial charge in [0.25, 0.3) is 5.91 Å². The first-order chi connectivity index (χ1) is 14.8. The molecule has 2 aromatic carbocycles. The zero-order valence-electron chi connectivity index (χ0n) is 18.3. The fourth-order valence-corrected chi connectivity index (χ4v) is 3.71. The Balaban J connectivity index is 2.19. The van der Waals surface area contributed by atoms with Crippen molar-refractivity contribution >= 4 is 35.0 Å². The molecule has 2 aromatic rings. The van der Waals surface area contributed by atoms with Crippen molar-refractivity contribution in [1.29, 1.82) is 0 Å². The molecule has 0 aromatic heterocycles. The standard InChI is InChI=1S/C24H30Cl2N2O3/c1-4-6-12-27-24(30)21(5-2)28(15-18-9-7-8-17(3)13-18)23(29)16-31-22-11-10-19(25)14-20(22)26/h7-11,13-14,21H,4-6,12,15-16H2,1-3H3,(H,27,30). The van der Waals surface area contributed by atoms with E-state index in [9.17, 15) is 9.59 Å². The van der Waals surface area contributed by atoms with Crippen molar-refractivity contribution < 1.29 is 14.3 Å². The van der Waals surface area contributed by atoms with E-state index in [0.29, 0.717) is 35.3 Å². The summed E-state index contributed by atoms with van der Waals surface area (Å²) in [6, 6.07) is 12.1. The summed E-state index contributed by atoms with van der Waals surface area (Å²) in [7, 11) is 0. The molecular formula is C24H30Cl2N2O3. The summed E-state index contributed by atoms with van der Waals surface area (Å²) in [5, 5.41) is 3.76. The van der Waals surface area contributed by atoms with Crippen LogP contribution in [0.3, 0.4) is 0 Å². The molecule has 0 spiro atoms. The number of benzene rings is 2. The Morgan fingerprint density at radius 1 is 1.13 bits per heavy atom. The Morgan fingerprint density at radius 2 is 1.90 bits per heavy atom. The van der Waals surface area contributed by atoms with Gasteiger partial charge in [-0.15, -0.1) is 0 Å². The Labute approximate surface area is 194 Å². The molecule has 1 atom stereocenters. The lowest BCUT2D eigenvalue weighted by Crippen LogP contribution is -2.50. The van der Waals surface area contributed by atoms with Crippen LogP contribution in [0.5, 0.6) is 5.75 Å². The topological polar surface area (TPSA) is 58.6 Å². The van der Waals surface area contributed by atoms with Gasteiger partial charge in [0.05, 0.1) is 5.02 Å². The monoisotopic (exact) mass is 464 g/mol. The van der Waals surface area contributed by atoms with Crippen LogP contribution in [0.15, 0.2) is 42.5 Å². The highest BCUT2D eigenvalue weighted by Gasteiger charge is 2.29. The first kappa shape index (κ1) is 25.0. The molecule has 0 saturated carbocycles. The van der Waals surface area contributed by atoms with Crippen LogP contribution in [0.25, 0.3) is 0 Å². The smallest absolute Gasteiger partial charge is 0.261 e. The van der Waals surface area contributed by atoms with Crippen LogP contribution >= 0.6 is 23.2 Å². The molecule has 0 saturated heterocycles. The van der Waals surface area contributed by atoms with Gasteiger partial charge in [0.15, 0.2) is 6.61 Å². The van der Waals surface area contributed by atoms with Gasteiger partial charge in [0.2, 0.25) is 5.91 Å². The number of nitrogens with zero attached hydrogens (tertiary/aromatic N) is 1. The number of amides is 2. The van der Waals surface area contributed by atoms with Crippen molar-refractivity contribution in [3.63, 3.8) is 0 Å². The van der Waals surface area contributed by atoms with Gasteiger partial charge in [-0.25, -0.2) is 0 Å². The molecule has 7 heteroatoms. The molecule has 1 N–H and O–H groups in total. The molecule has 0 radical (unpaired) electrons. The lowest BCUT2D eigenvalue weighted by Gasteiger charge is -2.30. The van der Waals surface area contributed by atoms with E-state index in [0.717, 1.165) is 24.0 Å². The maximum absolute atomic E-state index is 13.2. The van der Waals surface area contributed by atoms with Crippen LogP contribution in [0.2, 0.25) is 10.0 Å². The van der Waals surface area contributed by atoms with Crippen molar-refractivity contribution in [2.75, 3.05) is 13.2 Å². The van der Waals surface area contributed by atoms with Crippen LogP contribution in [0, 0.1) is 6.92 Å². The van der Waals surface area contributed by atoms with Crippen molar-refractivity contribution in [2.24, 2.45) is 0 Å². The number of carbonyl (C=O) groups excluding carboxylic acids is 2. The fraction of sp³-hybridized carbons (Fsp3) is 0.417. The number of carbonyl (C=O) groups is 2. The van der Waals surface area contributed by atoms with Crippen LogP contribution in [0.1, 0.15) is 44.2 Å². The van der Waals surface area contributed by atoms with Gasteiger partial charge in [0.1, 0.15) is 11.8 Å². The largest absolute Gasteiger partial charge is 0.482 e. The summed E-state index contributed by atoms with van der Waals surface area (Å²) in [5.74, 6) is -0.0677. The zero-order chi connectivity index (χ0) is 22.8. The third kappa shape index (κ3) is 7.75. The molecule has 0 bridgehead atoms. The number of hydrogen-bond acceptors (Lipinski definition) is 3. The number of ether oxygens (including phenoxy) is 1. The highest BCUT2D eigenvalue weighted by atomic mass is 35.5. The van der Waals surface area contributed by atoms with Gasteiger partial charge >= 0.3 is 0 Å². The number of rotatable bonds is 11. The number of aryl methyl sites for hydroxylation is 1. The Morgan fingerprint density at radius 3 is 2.55 bits per heavy atom. The molecule has 0 aliphatic carbocycles. The van der Waals surface area contributed by atoms with Crippen molar-refractivity contribution in [1.82, 2.24) is 10.2 Å². The summed E-state index contributed by atoms with van der Waals surface area (Å²) in [6.07, 6.45) is 2.38. The molecule has 1 unspecified atom stereocenters. The molecular weight excluding hydrogens is 435 g/mol. The molecule has 5 nitrogen and oxygen atoms in total. The molecule has 0 heterocycles. The normalized spacial score (nSPS) is 11.6. The van der Waals surface area contributed by atoms with E-state index in [1.807, 2.05) is 38.1 Å². The average molecular weight is 465 g/mol. The summed E-state index contributed by atoms with van der Waals surface area (Å²) in [6.45, 7) is 6.64. The predicted octanol–water partition coefficient (Wildman–Crippen LogP) is 5.40. The maximum Gasteiger partial charge on any atom is 0.261 e. The summed E-state index contributed by atoms with van der Waals surface area (Å²) in [5.41, 5.74) is 2.05. The van der Waals surface area contributed by atoms with Crippen molar-refractivity contribution in [3.8, 4) is 5.75 Å². The molecule has 0 aliphatic heterocycles. The van der Waals surface area contributed by atoms with Crippen LogP contribution in [-0.4, -0.2) is 35.9 Å². The first-order valence-electron chi connectivity index (χ1n) is 10.6. The molecule has 0 aliphatic rings. The van der Waals surface area contributed by atoms with E-state index in [2.05, 4.69) is 12.2 Å². The van der Waals surface area contributed by atoms with Gasteiger partial charge in [-0.1, -0.05) is 73.3 Å². The van der Waals surface area contributed by atoms with E-state index in [4.69, 9.17) is 27.9 Å². The van der Waals surface area contributed by atoms with Gasteiger partial charge in [-0.05, 0) is 43.5 Å². The second kappa shape index (κ2) is 12.6. The van der Waals surface area contributed by atoms with Crippen LogP contribution < -0.4 is 10.1 Å². The average Bonchev–Trinajstić information content (AvgIpc) is 2.73. The van der Waals surface area contributed by atoms with Crippen molar-refractivity contribution in [3.05, 3.63) is 63.6 Å². The van der Waals surface area contributed by atoms with E-state index in [1.165, 1.54) is 0 Å². The van der Waals surface area contributed by atoms with E-state index in [1.54, 1.807) is 23.1 Å². The van der Waals surface area contributed by atoms with Gasteiger partial charge in [-0.3, -0.25) is 9.59 Å². The zero-order valence-corrected chi connectivity index (χ0v) is 19.8. The summed E-state index contributed by atoms with van der Waals surface area (Å²) < 4.78 is 5.66. The second-order valence-corrected chi connectivity index (χ2v) is 8.29. The molecule has 31 heavy (non-hydrogen) atoms. The van der Waals surface area contributed by atoms with Crippen LogP contribution in [0.4, 0.5) is 0 Å². The third-order valence-corrected chi connectivity index (χ3v) is 5.43. The molecule has 2 rings (SSSR count). The number of hydrogen-bond donors (Lipinski definition) is 1. The first-order valence-corrected chi connectivity index (χ1v) is 11.3. The lowest BCUT2D eigenvalue weighted by molar-refractivity contribution is -0.143. The van der Waals surface area contributed by atoms with Gasteiger partial charge in [0, 0.05) is 18.1 Å². The molecule has 2 amide bonds. The fourth-order valence-electron chi connectivity index (χ4n) is 3.25.